The number of phosphoric acid groups is 2. The predicted molar refractivity (Wildman–Crippen MR) is 102 cm³/mol. The van der Waals surface area contributed by atoms with Crippen LogP contribution in [0.1, 0.15) is 6.23 Å². The van der Waals surface area contributed by atoms with Crippen LogP contribution in [0.4, 0.5) is 0 Å². The van der Waals surface area contributed by atoms with Crippen molar-refractivity contribution in [2.45, 2.75) is 24.0 Å². The lowest BCUT2D eigenvalue weighted by Crippen LogP contribution is -2.48. The van der Waals surface area contributed by atoms with Crippen molar-refractivity contribution in [3.63, 3.8) is 0 Å². The van der Waals surface area contributed by atoms with Crippen LogP contribution in [0.5, 0.6) is 0 Å². The highest BCUT2D eigenvalue weighted by Crippen LogP contribution is 2.66. The Morgan fingerprint density at radius 1 is 1.29 bits per heavy atom. The summed E-state index contributed by atoms with van der Waals surface area (Å²) in [6, 6.07) is 0.902. The molecule has 1 aliphatic heterocycles. The lowest BCUT2D eigenvalue weighted by Gasteiger charge is -2.26. The summed E-state index contributed by atoms with van der Waals surface area (Å²) in [5, 5.41) is 20.9. The largest absolute Gasteiger partial charge is 0.488 e. The molecule has 0 spiro atoms. The Kier molecular flexibility index (Phi) is 7.66. The first-order valence-corrected chi connectivity index (χ1v) is 13.2. The van der Waals surface area contributed by atoms with Gasteiger partial charge < -0.3 is 39.0 Å². The van der Waals surface area contributed by atoms with E-state index in [9.17, 15) is 38.7 Å². The Labute approximate surface area is 177 Å². The minimum atomic E-state index is -5.57. The zero-order valence-corrected chi connectivity index (χ0v) is 18.3. The second-order valence-corrected chi connectivity index (χ2v) is 11.6. The molecule has 0 aromatic carbocycles. The summed E-state index contributed by atoms with van der Waals surface area (Å²) in [5.41, 5.74) is -4.36. The molecule has 0 aliphatic carbocycles. The lowest BCUT2D eigenvalue weighted by molar-refractivity contribution is -0.0757. The van der Waals surface area contributed by atoms with Crippen LogP contribution < -0.4 is 11.2 Å². The molecule has 1 saturated heterocycles. The van der Waals surface area contributed by atoms with Gasteiger partial charge in [-0.3, -0.25) is 14.3 Å². The van der Waals surface area contributed by atoms with Crippen molar-refractivity contribution in [1.82, 2.24) is 9.55 Å². The fourth-order valence-corrected chi connectivity index (χ4v) is 6.39. The summed E-state index contributed by atoms with van der Waals surface area (Å²) in [6.45, 7) is -5.67. The highest BCUT2D eigenvalue weighted by molar-refractivity contribution is 8.08. The van der Waals surface area contributed by atoms with Crippen LogP contribution in [-0.4, -0.2) is 63.8 Å². The van der Waals surface area contributed by atoms with Gasteiger partial charge in [-0.15, -0.1) is 6.42 Å². The van der Waals surface area contributed by atoms with Gasteiger partial charge in [0.05, 0.1) is 6.61 Å². The van der Waals surface area contributed by atoms with Crippen molar-refractivity contribution >= 4 is 34.2 Å². The summed E-state index contributed by atoms with van der Waals surface area (Å²) < 4.78 is 40.3. The minimum Gasteiger partial charge on any atom is -0.386 e. The monoisotopic (exact) mass is 524 g/mol. The van der Waals surface area contributed by atoms with E-state index in [-0.39, 0.29) is 0 Å². The van der Waals surface area contributed by atoms with Gasteiger partial charge in [-0.05, 0) is 11.8 Å². The van der Waals surface area contributed by atoms with Gasteiger partial charge in [-0.25, -0.2) is 18.2 Å². The third kappa shape index (κ3) is 6.48. The van der Waals surface area contributed by atoms with E-state index in [1.807, 2.05) is 10.9 Å². The molecule has 174 valence electrons. The molecule has 0 radical (unpaired) electrons. The van der Waals surface area contributed by atoms with E-state index in [4.69, 9.17) is 20.9 Å². The number of aliphatic hydroxyl groups excluding tert-OH is 1. The first-order valence-electron chi connectivity index (χ1n) is 7.63. The average molecular weight is 524 g/mol. The highest BCUT2D eigenvalue weighted by atomic mass is 32.5. The van der Waals surface area contributed by atoms with Crippen LogP contribution in [-0.2, 0) is 38.8 Å². The van der Waals surface area contributed by atoms with E-state index >= 15 is 0 Å². The lowest BCUT2D eigenvalue weighted by atomic mass is 9.95. The maximum absolute atomic E-state index is 12.0. The van der Waals surface area contributed by atoms with Gasteiger partial charge in [0.15, 0.2) is 11.8 Å². The van der Waals surface area contributed by atoms with Gasteiger partial charge in [0.25, 0.3) is 5.56 Å². The number of rotatable bonds is 8. The van der Waals surface area contributed by atoms with Gasteiger partial charge in [0.2, 0.25) is 0 Å². The van der Waals surface area contributed by atoms with E-state index in [0.717, 1.165) is 12.3 Å². The molecule has 1 aliphatic rings. The third-order valence-electron chi connectivity index (χ3n) is 3.64. The van der Waals surface area contributed by atoms with Crippen LogP contribution in [0.3, 0.4) is 0 Å². The van der Waals surface area contributed by atoms with Crippen molar-refractivity contribution in [3.8, 4) is 12.3 Å². The second kappa shape index (κ2) is 9.06. The van der Waals surface area contributed by atoms with E-state index in [2.05, 4.69) is 25.0 Å². The molecule has 6 atom stereocenters. The SMILES string of the molecule is C#CC1(O)[C@@H](O)[C@@H](COP(O)(=S)OP(=O)(O)OP(=O)(O)O)O[C@H]1n1ccc(=O)[nH]c1=O. The number of ether oxygens (including phenoxy) is 1. The quantitative estimate of drug-likeness (QED) is 0.139. The standard InChI is InChI=1S/C11H15N2O14P3S/c1-2-11(17)8(15)6(25-9(11)13-4-3-7(14)12-10(13)16)5-24-30(23,31)27-29(21,22)26-28(18,19)20/h1,3-4,6,8-9,15,17H,5H2,(H,21,22)(H,23,31)(H,12,14,16)(H2,18,19,20)/t6-,8+,9-,11?,30?/m1/s1. The molecule has 1 aromatic rings. The minimum absolute atomic E-state index is 0.659. The number of hydrogen-bond donors (Lipinski definition) is 7. The number of terminal acetylenes is 1. The Hall–Kier alpha value is -1.05. The normalized spacial score (nSPS) is 30.3. The summed E-state index contributed by atoms with van der Waals surface area (Å²) in [7, 11) is -11.1. The van der Waals surface area contributed by atoms with Gasteiger partial charge in [-0.1, -0.05) is 5.92 Å². The number of aromatic amines is 1. The van der Waals surface area contributed by atoms with Crippen LogP contribution in [0.2, 0.25) is 0 Å². The Balaban J connectivity index is 2.19. The molecule has 3 unspecified atom stereocenters. The first kappa shape index (κ1) is 26.2. The fraction of sp³-hybridized carbons (Fsp3) is 0.455. The highest BCUT2D eigenvalue weighted by Gasteiger charge is 2.56. The van der Waals surface area contributed by atoms with Crippen LogP contribution in [0.25, 0.3) is 0 Å². The zero-order chi connectivity index (χ0) is 23.8. The molecule has 16 nitrogen and oxygen atoms in total. The Morgan fingerprint density at radius 2 is 1.90 bits per heavy atom. The molecule has 0 saturated carbocycles. The van der Waals surface area contributed by atoms with Gasteiger partial charge in [-0.2, -0.15) is 4.31 Å². The smallest absolute Gasteiger partial charge is 0.386 e. The van der Waals surface area contributed by atoms with E-state index in [1.54, 1.807) is 0 Å². The average Bonchev–Trinajstić information content (AvgIpc) is 2.82. The number of aromatic nitrogens is 2. The second-order valence-electron chi connectivity index (χ2n) is 5.85. The van der Waals surface area contributed by atoms with E-state index in [0.29, 0.717) is 4.57 Å². The zero-order valence-electron chi connectivity index (χ0n) is 14.8. The number of nitrogens with zero attached hydrogens (tertiary/aromatic N) is 1. The van der Waals surface area contributed by atoms with Crippen molar-refractivity contribution in [1.29, 1.82) is 0 Å². The predicted octanol–water partition coefficient (Wildman–Crippen LogP) is -2.38. The molecule has 1 aromatic heterocycles. The summed E-state index contributed by atoms with van der Waals surface area (Å²) in [4.78, 5) is 61.1. The topological polar surface area (TPSA) is 247 Å². The molecule has 31 heavy (non-hydrogen) atoms. The van der Waals surface area contributed by atoms with Gasteiger partial charge in [0, 0.05) is 12.3 Å². The number of H-pyrrole nitrogens is 1. The molecule has 20 heteroatoms. The first-order chi connectivity index (χ1) is 14.0. The Morgan fingerprint density at radius 3 is 2.42 bits per heavy atom. The van der Waals surface area contributed by atoms with Crippen molar-refractivity contribution in [3.05, 3.63) is 33.1 Å². The van der Waals surface area contributed by atoms with Crippen molar-refractivity contribution < 1.29 is 56.8 Å². The van der Waals surface area contributed by atoms with Gasteiger partial charge in [0.1, 0.15) is 12.2 Å². The van der Waals surface area contributed by atoms with E-state index < -0.39 is 64.3 Å². The molecule has 7 N–H and O–H groups in total. The number of hydrogen-bond acceptors (Lipinski definition) is 11. The molecular formula is C11H15N2O14P3S. The van der Waals surface area contributed by atoms with Crippen molar-refractivity contribution in [2.24, 2.45) is 0 Å². The maximum atomic E-state index is 12.0. The molecule has 2 heterocycles. The van der Waals surface area contributed by atoms with Gasteiger partial charge >= 0.3 is 28.1 Å². The summed E-state index contributed by atoms with van der Waals surface area (Å²) in [6.07, 6.45) is 0.836. The third-order valence-corrected chi connectivity index (χ3v) is 8.35. The number of aliphatic hydroxyl groups is 2. The van der Waals surface area contributed by atoms with E-state index in [1.165, 1.54) is 0 Å². The summed E-state index contributed by atoms with van der Waals surface area (Å²) in [5.74, 6) is 1.84. The maximum Gasteiger partial charge on any atom is 0.488 e. The molecule has 2 rings (SSSR count). The molecule has 0 amide bonds. The number of nitrogens with one attached hydrogen (secondary N) is 1. The van der Waals surface area contributed by atoms with Crippen LogP contribution in [0, 0.1) is 12.3 Å². The molecular weight excluding hydrogens is 509 g/mol. The van der Waals surface area contributed by atoms with Crippen LogP contribution >= 0.6 is 22.4 Å². The van der Waals surface area contributed by atoms with Crippen molar-refractivity contribution in [2.75, 3.05) is 6.61 Å². The molecule has 1 fully saturated rings. The fourth-order valence-electron chi connectivity index (χ4n) is 2.42. The molecule has 0 bridgehead atoms. The summed E-state index contributed by atoms with van der Waals surface area (Å²) >= 11 is 4.42. The van der Waals surface area contributed by atoms with Crippen LogP contribution in [0.15, 0.2) is 21.9 Å². The Bertz CT molecular complexity index is 1140.